The summed E-state index contributed by atoms with van der Waals surface area (Å²) in [7, 11) is -2.11. The van der Waals surface area contributed by atoms with Crippen molar-refractivity contribution >= 4 is 23.2 Å². The van der Waals surface area contributed by atoms with Crippen molar-refractivity contribution in [3.05, 3.63) is 164 Å². The number of aromatic hydroxyl groups is 1. The first-order chi connectivity index (χ1) is 24.2. The van der Waals surface area contributed by atoms with Gasteiger partial charge in [0.15, 0.2) is 0 Å². The number of unbranched alkanes of at least 4 members (excludes halogenated alkanes) is 7. The molecule has 0 aliphatic heterocycles. The molecule has 3 heteroatoms. The summed E-state index contributed by atoms with van der Waals surface area (Å²) < 4.78 is 6.25. The largest absolute Gasteiger partial charge is 0.103 e. The SMILES string of the molecule is C=CCc1ccc(O)c(-c2ccc(OCCCCCCCCCC[PH](c3ccccc3)(c3ccccc3)c3ccccc3)c(CC=C)c2)c1. The van der Waals surface area contributed by atoms with Crippen molar-refractivity contribution < 1.29 is 9.84 Å². The smallest absolute Gasteiger partial charge is 0.00152 e. The average molecular weight is 669 g/mol. The average Bonchev–Trinajstić information content (AvgIpc) is 3.15. The Kier molecular flexibility index (Phi) is 13.9. The van der Waals surface area contributed by atoms with Gasteiger partial charge >= 0.3 is 189 Å². The fourth-order valence-corrected chi connectivity index (χ4v) is 12.1. The molecule has 0 heterocycles. The molecule has 1 N–H and O–H groups in total. The van der Waals surface area contributed by atoms with Crippen LogP contribution in [0.2, 0.25) is 0 Å². The topological polar surface area (TPSA) is 29.5 Å². The molecule has 2 nitrogen and oxygen atoms in total. The molecule has 254 valence electrons. The Bertz CT molecular complexity index is 1630. The molecule has 0 fully saturated rings. The summed E-state index contributed by atoms with van der Waals surface area (Å²) in [5.41, 5.74) is 4.05. The van der Waals surface area contributed by atoms with Gasteiger partial charge in [0.05, 0.1) is 0 Å². The van der Waals surface area contributed by atoms with Crippen LogP contribution < -0.4 is 20.7 Å². The maximum atomic E-state index is 10.5. The molecule has 0 saturated heterocycles. The minimum Gasteiger partial charge on any atom is -0.103 e. The van der Waals surface area contributed by atoms with Gasteiger partial charge in [-0.25, -0.2) is 0 Å². The van der Waals surface area contributed by atoms with Crippen LogP contribution >= 0.6 is 7.26 Å². The van der Waals surface area contributed by atoms with Crippen LogP contribution in [0.25, 0.3) is 11.1 Å². The van der Waals surface area contributed by atoms with Gasteiger partial charge in [-0.1, -0.05) is 24.3 Å². The number of phenols is 1. The van der Waals surface area contributed by atoms with Crippen molar-refractivity contribution in [1.29, 1.82) is 0 Å². The van der Waals surface area contributed by atoms with Crippen molar-refractivity contribution in [2.45, 2.75) is 64.2 Å². The Morgan fingerprint density at radius 2 is 1.08 bits per heavy atom. The van der Waals surface area contributed by atoms with E-state index < -0.39 is 7.26 Å². The molecule has 0 atom stereocenters. The van der Waals surface area contributed by atoms with Crippen LogP contribution in [0.5, 0.6) is 11.5 Å². The first kappa shape index (κ1) is 35.9. The van der Waals surface area contributed by atoms with E-state index >= 15 is 0 Å². The van der Waals surface area contributed by atoms with E-state index in [4.69, 9.17) is 4.74 Å². The number of allylic oxidation sites excluding steroid dienone is 2. The van der Waals surface area contributed by atoms with Crippen LogP contribution in [-0.4, -0.2) is 17.9 Å². The zero-order chi connectivity index (χ0) is 34.2. The van der Waals surface area contributed by atoms with Gasteiger partial charge in [0.25, 0.3) is 0 Å². The molecule has 0 aliphatic rings. The third kappa shape index (κ3) is 9.62. The van der Waals surface area contributed by atoms with Crippen molar-refractivity contribution in [3.8, 4) is 22.6 Å². The predicted octanol–water partition coefficient (Wildman–Crippen LogP) is 10.7. The molecule has 0 saturated carbocycles. The van der Waals surface area contributed by atoms with E-state index in [-0.39, 0.29) is 5.75 Å². The zero-order valence-electron chi connectivity index (χ0n) is 29.0. The van der Waals surface area contributed by atoms with E-state index in [2.05, 4.69) is 110 Å². The second-order valence-electron chi connectivity index (χ2n) is 13.1. The van der Waals surface area contributed by atoms with Crippen LogP contribution in [-0.2, 0) is 12.8 Å². The third-order valence-electron chi connectivity index (χ3n) is 9.68. The van der Waals surface area contributed by atoms with Gasteiger partial charge in [-0.15, -0.1) is 13.2 Å². The van der Waals surface area contributed by atoms with E-state index in [0.29, 0.717) is 6.61 Å². The van der Waals surface area contributed by atoms with Crippen LogP contribution in [0, 0.1) is 0 Å². The summed E-state index contributed by atoms with van der Waals surface area (Å²) in [6.45, 7) is 8.51. The van der Waals surface area contributed by atoms with Crippen molar-refractivity contribution in [2.24, 2.45) is 0 Å². The molecule has 0 spiro atoms. The monoisotopic (exact) mass is 668 g/mol. The number of rotatable bonds is 20. The zero-order valence-corrected chi connectivity index (χ0v) is 30.0. The van der Waals surface area contributed by atoms with Gasteiger partial charge < -0.3 is 5.11 Å². The summed E-state index contributed by atoms with van der Waals surface area (Å²) in [6.07, 6.45) is 16.4. The van der Waals surface area contributed by atoms with Crippen LogP contribution in [0.4, 0.5) is 0 Å². The molecular weight excluding hydrogens is 615 g/mol. The number of hydrogen-bond donors (Lipinski definition) is 1. The maximum Gasteiger partial charge on any atom is -0.00152 e. The number of ether oxygens (including phenoxy) is 1. The third-order valence-corrected chi connectivity index (χ3v) is 14.7. The van der Waals surface area contributed by atoms with E-state index in [0.717, 1.165) is 47.3 Å². The number of phenolic OH excluding ortho intramolecular Hbond substituents is 1. The van der Waals surface area contributed by atoms with E-state index in [1.807, 2.05) is 36.4 Å². The summed E-state index contributed by atoms with van der Waals surface area (Å²) in [4.78, 5) is 0. The molecule has 5 rings (SSSR count). The molecule has 0 aliphatic carbocycles. The Labute approximate surface area is 295 Å². The first-order valence-electron chi connectivity index (χ1n) is 18.1. The van der Waals surface area contributed by atoms with Gasteiger partial charge in [0, 0.05) is 5.56 Å². The van der Waals surface area contributed by atoms with Crippen LogP contribution in [0.1, 0.15) is 62.5 Å². The van der Waals surface area contributed by atoms with Crippen molar-refractivity contribution in [2.75, 3.05) is 12.8 Å². The van der Waals surface area contributed by atoms with Gasteiger partial charge in [-0.2, -0.15) is 0 Å². The number of benzene rings is 5. The standard InChI is InChI=1S/C46H53O2P/c1-3-22-38-30-32-45(47)44(36-38)39-31-33-46(40(37-39)23-4-2)48-34-20-9-7-5-6-8-10-21-35-49(41-24-14-11-15-25-41,42-26-16-12-17-27-42)43-28-18-13-19-29-43/h3-4,11-19,24-33,36-37,47,49H,1-2,5-10,20-23,34-35H2. The van der Waals surface area contributed by atoms with Gasteiger partial charge in [0.1, 0.15) is 5.75 Å². The molecule has 5 aromatic rings. The predicted molar refractivity (Wildman–Crippen MR) is 215 cm³/mol. The van der Waals surface area contributed by atoms with Gasteiger partial charge in [-0.05, 0) is 53.8 Å². The van der Waals surface area contributed by atoms with E-state index in [9.17, 15) is 5.11 Å². The van der Waals surface area contributed by atoms with Gasteiger partial charge in [-0.3, -0.25) is 0 Å². The first-order valence-corrected chi connectivity index (χ1v) is 20.3. The van der Waals surface area contributed by atoms with Gasteiger partial charge in [0.2, 0.25) is 0 Å². The van der Waals surface area contributed by atoms with E-state index in [1.54, 1.807) is 6.07 Å². The number of hydrogen-bond acceptors (Lipinski definition) is 2. The summed E-state index contributed by atoms with van der Waals surface area (Å²) in [5.74, 6) is 1.19. The Morgan fingerprint density at radius 1 is 0.551 bits per heavy atom. The Morgan fingerprint density at radius 3 is 1.63 bits per heavy atom. The molecule has 5 aromatic carbocycles. The Balaban J connectivity index is 1.07. The van der Waals surface area contributed by atoms with Crippen molar-refractivity contribution in [1.82, 2.24) is 0 Å². The van der Waals surface area contributed by atoms with Crippen molar-refractivity contribution in [3.63, 3.8) is 0 Å². The normalized spacial score (nSPS) is 11.6. The second-order valence-corrected chi connectivity index (χ2v) is 17.1. The van der Waals surface area contributed by atoms with Crippen LogP contribution in [0.15, 0.2) is 153 Å². The molecule has 0 amide bonds. The fourth-order valence-electron chi connectivity index (χ4n) is 7.15. The molecule has 49 heavy (non-hydrogen) atoms. The minimum absolute atomic E-state index is 0.285. The molecule has 0 aromatic heterocycles. The second kappa shape index (κ2) is 19.0. The summed E-state index contributed by atoms with van der Waals surface area (Å²) in [5, 5.41) is 15.1. The molecule has 0 unspecified atom stereocenters. The Hall–Kier alpha value is -4.39. The van der Waals surface area contributed by atoms with Crippen LogP contribution in [0.3, 0.4) is 0 Å². The fraction of sp³-hybridized carbons (Fsp3) is 0.261. The van der Waals surface area contributed by atoms with E-state index in [1.165, 1.54) is 67.0 Å². The summed E-state index contributed by atoms with van der Waals surface area (Å²) >= 11 is 0. The quantitative estimate of drug-likeness (QED) is 0.0508. The molecule has 0 radical (unpaired) electrons. The minimum atomic E-state index is -2.11. The molecule has 0 bridgehead atoms. The molecular formula is C46H53O2P. The summed E-state index contributed by atoms with van der Waals surface area (Å²) in [6, 6.07) is 45.8. The maximum absolute atomic E-state index is 10.5.